The van der Waals surface area contributed by atoms with E-state index in [2.05, 4.69) is 0 Å². The van der Waals surface area contributed by atoms with Gasteiger partial charge in [0, 0.05) is 43.5 Å². The molecule has 34 heavy (non-hydrogen) atoms. The van der Waals surface area contributed by atoms with Crippen molar-refractivity contribution in [1.29, 1.82) is 0 Å². The van der Waals surface area contributed by atoms with Crippen LogP contribution in [0.1, 0.15) is 42.9 Å². The topological polar surface area (TPSA) is 42.4 Å². The third-order valence-electron chi connectivity index (χ3n) is 7.18. The van der Waals surface area contributed by atoms with E-state index < -0.39 is 5.41 Å². The first-order chi connectivity index (χ1) is 16.6. The van der Waals surface area contributed by atoms with Crippen molar-refractivity contribution < 1.29 is 18.3 Å². The summed E-state index contributed by atoms with van der Waals surface area (Å²) in [4.78, 5) is 20.7. The molecule has 2 aliphatic rings. The minimum Gasteiger partial charge on any atom is -0.381 e. The van der Waals surface area contributed by atoms with Crippen LogP contribution in [0.2, 0.25) is 0 Å². The van der Waals surface area contributed by atoms with Gasteiger partial charge < -0.3 is 9.64 Å². The molecule has 0 N–H and O–H groups in total. The molecule has 6 heteroatoms. The molecule has 0 bridgehead atoms. The van der Waals surface area contributed by atoms with E-state index in [0.717, 1.165) is 24.1 Å². The number of nitrogens with zero attached hydrogens (tertiary/aromatic N) is 2. The Morgan fingerprint density at radius 2 is 1.79 bits per heavy atom. The van der Waals surface area contributed by atoms with Gasteiger partial charge in [-0.1, -0.05) is 30.3 Å². The van der Waals surface area contributed by atoms with Crippen molar-refractivity contribution in [2.45, 2.75) is 37.0 Å². The average molecular weight is 463 g/mol. The summed E-state index contributed by atoms with van der Waals surface area (Å²) in [5.41, 5.74) is 1.89. The molecular weight excluding hydrogens is 434 g/mol. The monoisotopic (exact) mass is 462 g/mol. The molecular formula is C28H28F2N2O2. The lowest BCUT2D eigenvalue weighted by atomic mass is 9.72. The highest BCUT2D eigenvalue weighted by atomic mass is 19.1. The third kappa shape index (κ3) is 4.34. The molecule has 4 nitrogen and oxygen atoms in total. The molecule has 176 valence electrons. The van der Waals surface area contributed by atoms with Gasteiger partial charge in [-0.05, 0) is 67.6 Å². The van der Waals surface area contributed by atoms with Crippen LogP contribution in [0.4, 0.5) is 8.78 Å². The Morgan fingerprint density at radius 3 is 2.59 bits per heavy atom. The van der Waals surface area contributed by atoms with Crippen molar-refractivity contribution in [3.8, 4) is 11.3 Å². The zero-order valence-electron chi connectivity index (χ0n) is 19.1. The van der Waals surface area contributed by atoms with Crippen LogP contribution in [-0.2, 0) is 14.9 Å². The van der Waals surface area contributed by atoms with Crippen molar-refractivity contribution in [1.82, 2.24) is 9.88 Å². The lowest BCUT2D eigenvalue weighted by Crippen LogP contribution is -2.52. The highest BCUT2D eigenvalue weighted by Crippen LogP contribution is 2.39. The molecule has 1 atom stereocenters. The van der Waals surface area contributed by atoms with Gasteiger partial charge in [0.25, 0.3) is 0 Å². The molecule has 3 aromatic rings. The van der Waals surface area contributed by atoms with Gasteiger partial charge in [0.05, 0.1) is 11.1 Å². The number of carbonyl (C=O) groups is 1. The van der Waals surface area contributed by atoms with Crippen LogP contribution in [-0.4, -0.2) is 42.1 Å². The van der Waals surface area contributed by atoms with Crippen LogP contribution in [0, 0.1) is 11.6 Å². The summed E-state index contributed by atoms with van der Waals surface area (Å²) < 4.78 is 34.0. The van der Waals surface area contributed by atoms with Crippen molar-refractivity contribution in [3.05, 3.63) is 89.6 Å². The quantitative estimate of drug-likeness (QED) is 0.516. The van der Waals surface area contributed by atoms with Gasteiger partial charge in [0.15, 0.2) is 0 Å². The standard InChI is InChI=1S/C28H28F2N2O2/c29-22-8-3-7-21(18-22)28(13-16-34-17-14-28)27(33)32-15-5-6-20(19-32)25-11-4-12-26(31-25)23-9-1-2-10-24(23)30/h1-4,7-12,18,20H,5-6,13-17,19H2. The minimum atomic E-state index is -0.773. The normalized spacial score (nSPS) is 20.2. The van der Waals surface area contributed by atoms with E-state index in [1.54, 1.807) is 24.3 Å². The van der Waals surface area contributed by atoms with Gasteiger partial charge in [0.2, 0.25) is 5.91 Å². The average Bonchev–Trinajstić information content (AvgIpc) is 2.89. The molecule has 0 radical (unpaired) electrons. The predicted molar refractivity (Wildman–Crippen MR) is 126 cm³/mol. The number of benzene rings is 2. The van der Waals surface area contributed by atoms with Crippen molar-refractivity contribution >= 4 is 5.91 Å². The largest absolute Gasteiger partial charge is 0.381 e. The van der Waals surface area contributed by atoms with Crippen LogP contribution < -0.4 is 0 Å². The number of rotatable bonds is 4. The fourth-order valence-corrected chi connectivity index (χ4v) is 5.34. The number of hydrogen-bond donors (Lipinski definition) is 0. The Bertz CT molecular complexity index is 1180. The smallest absolute Gasteiger partial charge is 0.233 e. The number of pyridine rings is 1. The number of amides is 1. The van der Waals surface area contributed by atoms with E-state index in [0.29, 0.717) is 50.4 Å². The first-order valence-electron chi connectivity index (χ1n) is 11.9. The molecule has 0 saturated carbocycles. The van der Waals surface area contributed by atoms with Gasteiger partial charge in [-0.25, -0.2) is 8.78 Å². The summed E-state index contributed by atoms with van der Waals surface area (Å²) >= 11 is 0. The number of halogens is 2. The van der Waals surface area contributed by atoms with E-state index in [1.165, 1.54) is 18.2 Å². The van der Waals surface area contributed by atoms with E-state index in [-0.39, 0.29) is 23.5 Å². The predicted octanol–water partition coefficient (Wildman–Crippen LogP) is 5.48. The molecule has 2 aromatic carbocycles. The lowest BCUT2D eigenvalue weighted by molar-refractivity contribution is -0.142. The molecule has 1 amide bonds. The lowest BCUT2D eigenvalue weighted by Gasteiger charge is -2.42. The van der Waals surface area contributed by atoms with Gasteiger partial charge >= 0.3 is 0 Å². The Labute approximate surface area is 198 Å². The molecule has 1 unspecified atom stereocenters. The van der Waals surface area contributed by atoms with Crippen LogP contribution in [0.25, 0.3) is 11.3 Å². The highest BCUT2D eigenvalue weighted by Gasteiger charge is 2.45. The molecule has 0 spiro atoms. The van der Waals surface area contributed by atoms with Gasteiger partial charge in [-0.3, -0.25) is 9.78 Å². The van der Waals surface area contributed by atoms with Gasteiger partial charge in [-0.2, -0.15) is 0 Å². The summed E-state index contributed by atoms with van der Waals surface area (Å²) in [6.07, 6.45) is 2.85. The fraction of sp³-hybridized carbons (Fsp3) is 0.357. The maximum absolute atomic E-state index is 14.3. The first kappa shape index (κ1) is 22.7. The maximum atomic E-state index is 14.3. The second-order valence-electron chi connectivity index (χ2n) is 9.22. The van der Waals surface area contributed by atoms with Gasteiger partial charge in [0.1, 0.15) is 11.6 Å². The molecule has 2 saturated heterocycles. The molecule has 3 heterocycles. The molecule has 5 rings (SSSR count). The second kappa shape index (κ2) is 9.63. The van der Waals surface area contributed by atoms with Crippen LogP contribution in [0.5, 0.6) is 0 Å². The summed E-state index contributed by atoms with van der Waals surface area (Å²) in [6.45, 7) is 2.17. The molecule has 2 aliphatic heterocycles. The Hall–Kier alpha value is -3.12. The molecule has 0 aliphatic carbocycles. The van der Waals surface area contributed by atoms with Crippen molar-refractivity contribution in [3.63, 3.8) is 0 Å². The summed E-state index contributed by atoms with van der Waals surface area (Å²) in [5.74, 6) is -0.531. The van der Waals surface area contributed by atoms with E-state index in [1.807, 2.05) is 29.2 Å². The number of likely N-dealkylation sites (tertiary alicyclic amines) is 1. The number of piperidine rings is 1. The molecule has 1 aromatic heterocycles. The Kier molecular flexibility index (Phi) is 6.42. The van der Waals surface area contributed by atoms with E-state index >= 15 is 0 Å². The zero-order chi connectivity index (χ0) is 23.5. The number of aromatic nitrogens is 1. The van der Waals surface area contributed by atoms with Crippen LogP contribution >= 0.6 is 0 Å². The number of hydrogen-bond acceptors (Lipinski definition) is 3. The van der Waals surface area contributed by atoms with E-state index in [4.69, 9.17) is 9.72 Å². The van der Waals surface area contributed by atoms with Gasteiger partial charge in [-0.15, -0.1) is 0 Å². The third-order valence-corrected chi connectivity index (χ3v) is 7.18. The summed E-state index contributed by atoms with van der Waals surface area (Å²) in [5, 5.41) is 0. The SMILES string of the molecule is O=C(N1CCCC(c2cccc(-c3ccccc3F)n2)C1)C1(c2cccc(F)c2)CCOCC1. The van der Waals surface area contributed by atoms with Crippen LogP contribution in [0.3, 0.4) is 0 Å². The highest BCUT2D eigenvalue weighted by molar-refractivity contribution is 5.88. The summed E-state index contributed by atoms with van der Waals surface area (Å²) in [7, 11) is 0. The maximum Gasteiger partial charge on any atom is 0.233 e. The Balaban J connectivity index is 1.41. The summed E-state index contributed by atoms with van der Waals surface area (Å²) in [6, 6.07) is 18.7. The number of carbonyl (C=O) groups excluding carboxylic acids is 1. The fourth-order valence-electron chi connectivity index (χ4n) is 5.34. The zero-order valence-corrected chi connectivity index (χ0v) is 19.1. The Morgan fingerprint density at radius 1 is 1.00 bits per heavy atom. The van der Waals surface area contributed by atoms with Crippen molar-refractivity contribution in [2.75, 3.05) is 26.3 Å². The minimum absolute atomic E-state index is 0.0383. The van der Waals surface area contributed by atoms with Crippen molar-refractivity contribution in [2.24, 2.45) is 0 Å². The van der Waals surface area contributed by atoms with Crippen LogP contribution in [0.15, 0.2) is 66.7 Å². The number of ether oxygens (including phenoxy) is 1. The second-order valence-corrected chi connectivity index (χ2v) is 9.22. The molecule has 2 fully saturated rings. The first-order valence-corrected chi connectivity index (χ1v) is 11.9. The van der Waals surface area contributed by atoms with E-state index in [9.17, 15) is 13.6 Å².